The van der Waals surface area contributed by atoms with E-state index in [-0.39, 0.29) is 23.7 Å². The van der Waals surface area contributed by atoms with Gasteiger partial charge in [0, 0.05) is 0 Å². The maximum Gasteiger partial charge on any atom is 0.187 e. The summed E-state index contributed by atoms with van der Waals surface area (Å²) in [4.78, 5) is 0. The van der Waals surface area contributed by atoms with Crippen molar-refractivity contribution in [2.75, 3.05) is 13.2 Å². The first-order chi connectivity index (χ1) is 30.8. The summed E-state index contributed by atoms with van der Waals surface area (Å²) in [6.07, 6.45) is -19.9. The van der Waals surface area contributed by atoms with Gasteiger partial charge in [-0.25, -0.2) is 0 Å². The van der Waals surface area contributed by atoms with E-state index in [9.17, 15) is 66.4 Å². The molecule has 7 aliphatic rings. The highest BCUT2D eigenvalue weighted by Crippen LogP contribution is 2.72. The Labute approximate surface area is 387 Å². The molecule has 27 atom stereocenters. The van der Waals surface area contributed by atoms with Crippen LogP contribution in [0.15, 0.2) is 12.2 Å². The third-order valence-corrected chi connectivity index (χ3v) is 18.0. The molecule has 0 aromatic rings. The summed E-state index contributed by atoms with van der Waals surface area (Å²) in [6.45, 7) is 13.9. The second-order valence-corrected chi connectivity index (χ2v) is 22.5. The molecule has 7 rings (SSSR count). The van der Waals surface area contributed by atoms with Crippen LogP contribution in [0.4, 0.5) is 0 Å². The van der Waals surface area contributed by atoms with Gasteiger partial charge in [-0.3, -0.25) is 0 Å². The Morgan fingerprint density at radius 1 is 0.667 bits per heavy atom. The topological polar surface area (TPSA) is 318 Å². The SMILES string of the molecule is CC(C)C(O)C=CC(C)(OC1OC(CO)C(O)C(O)C1O)C1CCC2(C)C3CC(OC4OC(CO)C(O)C(O)C4OC4OC(C)C(O)C(O)C4O)C4C(C)(C)C(O)CCC4(C)C3CC(O)C12. The van der Waals surface area contributed by atoms with Crippen LogP contribution in [-0.2, 0) is 28.4 Å². The maximum atomic E-state index is 12.6. The Kier molecular flexibility index (Phi) is 15.6. The third kappa shape index (κ3) is 9.00. The van der Waals surface area contributed by atoms with Gasteiger partial charge in [0.1, 0.15) is 67.1 Å². The number of aliphatic hydroxyl groups is 13. The number of aliphatic hydroxyl groups excluding tert-OH is 13. The summed E-state index contributed by atoms with van der Waals surface area (Å²) >= 11 is 0. The molecule has 3 heterocycles. The lowest BCUT2D eigenvalue weighted by molar-refractivity contribution is -0.379. The van der Waals surface area contributed by atoms with E-state index in [2.05, 4.69) is 13.8 Å². The molecule has 27 unspecified atom stereocenters. The minimum absolute atomic E-state index is 0.0860. The monoisotopic (exact) mass is 949 g/mol. The molecule has 0 bridgehead atoms. The highest BCUT2D eigenvalue weighted by atomic mass is 16.8. The Bertz CT molecular complexity index is 1670. The van der Waals surface area contributed by atoms with Crippen molar-refractivity contribution in [3.05, 3.63) is 12.2 Å². The highest BCUT2D eigenvalue weighted by molar-refractivity contribution is 5.20. The Morgan fingerprint density at radius 2 is 1.23 bits per heavy atom. The maximum absolute atomic E-state index is 12.6. The van der Waals surface area contributed by atoms with Crippen molar-refractivity contribution in [3.63, 3.8) is 0 Å². The van der Waals surface area contributed by atoms with Gasteiger partial charge in [-0.15, -0.1) is 0 Å². The summed E-state index contributed by atoms with van der Waals surface area (Å²) in [5.74, 6) is -1.70. The van der Waals surface area contributed by atoms with E-state index >= 15 is 0 Å². The lowest BCUT2D eigenvalue weighted by atomic mass is 9.39. The minimum atomic E-state index is -1.76. The van der Waals surface area contributed by atoms with Crippen molar-refractivity contribution in [3.8, 4) is 0 Å². The zero-order valence-electron chi connectivity index (χ0n) is 39.5. The summed E-state index contributed by atoms with van der Waals surface area (Å²) < 4.78 is 37.6. The predicted octanol–water partition coefficient (Wildman–Crippen LogP) is -1.59. The summed E-state index contributed by atoms with van der Waals surface area (Å²) in [5.41, 5.74) is -3.29. The van der Waals surface area contributed by atoms with E-state index in [1.807, 2.05) is 27.7 Å². The molecule has 0 aromatic heterocycles. The zero-order valence-corrected chi connectivity index (χ0v) is 39.5. The normalized spacial score (nSPS) is 53.2. The van der Waals surface area contributed by atoms with Gasteiger partial charge < -0.3 is 94.8 Å². The molecule has 0 radical (unpaired) electrons. The molecule has 3 aliphatic heterocycles. The van der Waals surface area contributed by atoms with E-state index in [1.165, 1.54) is 6.92 Å². The number of hydrogen-bond acceptors (Lipinski definition) is 19. The molecule has 3 saturated heterocycles. The molecule has 4 saturated carbocycles. The van der Waals surface area contributed by atoms with Crippen molar-refractivity contribution in [1.29, 1.82) is 0 Å². The smallest absolute Gasteiger partial charge is 0.187 e. The second-order valence-electron chi connectivity index (χ2n) is 22.5. The van der Waals surface area contributed by atoms with Crippen molar-refractivity contribution in [2.45, 2.75) is 216 Å². The lowest BCUT2D eigenvalue weighted by Gasteiger charge is -2.68. The van der Waals surface area contributed by atoms with Crippen LogP contribution in [-0.4, -0.2) is 202 Å². The first kappa shape index (κ1) is 52.8. The molecule has 4 aliphatic carbocycles. The van der Waals surface area contributed by atoms with Crippen LogP contribution in [0.1, 0.15) is 93.9 Å². The van der Waals surface area contributed by atoms with Crippen LogP contribution < -0.4 is 0 Å². The molecule has 19 heteroatoms. The Hall–Kier alpha value is -1.02. The van der Waals surface area contributed by atoms with Gasteiger partial charge in [-0.1, -0.05) is 53.7 Å². The average Bonchev–Trinajstić information content (AvgIpc) is 3.65. The Morgan fingerprint density at radius 3 is 1.85 bits per heavy atom. The van der Waals surface area contributed by atoms with Gasteiger partial charge in [-0.05, 0) is 104 Å². The van der Waals surface area contributed by atoms with Crippen LogP contribution in [0.3, 0.4) is 0 Å². The van der Waals surface area contributed by atoms with Crippen molar-refractivity contribution in [2.24, 2.45) is 51.8 Å². The number of fused-ring (bicyclic) bond motifs is 5. The van der Waals surface area contributed by atoms with Crippen molar-refractivity contribution < 1.29 is 94.8 Å². The van der Waals surface area contributed by atoms with Crippen LogP contribution >= 0.6 is 0 Å². The fourth-order valence-corrected chi connectivity index (χ4v) is 14.1. The fourth-order valence-electron chi connectivity index (χ4n) is 14.1. The van der Waals surface area contributed by atoms with Crippen LogP contribution in [0.5, 0.6) is 0 Å². The predicted molar refractivity (Wildman–Crippen MR) is 230 cm³/mol. The lowest BCUT2D eigenvalue weighted by Crippen LogP contribution is -2.68. The molecule has 0 aromatic carbocycles. The van der Waals surface area contributed by atoms with Crippen LogP contribution in [0.25, 0.3) is 0 Å². The van der Waals surface area contributed by atoms with E-state index in [1.54, 1.807) is 19.1 Å². The van der Waals surface area contributed by atoms with Gasteiger partial charge in [0.25, 0.3) is 0 Å². The van der Waals surface area contributed by atoms with Gasteiger partial charge in [0.2, 0.25) is 0 Å². The summed E-state index contributed by atoms with van der Waals surface area (Å²) in [5, 5.41) is 143. The van der Waals surface area contributed by atoms with Gasteiger partial charge >= 0.3 is 0 Å². The Balaban J connectivity index is 1.26. The van der Waals surface area contributed by atoms with Crippen LogP contribution in [0.2, 0.25) is 0 Å². The molecule has 0 spiro atoms. The third-order valence-electron chi connectivity index (χ3n) is 18.0. The number of rotatable bonds is 12. The van der Waals surface area contributed by atoms with E-state index in [4.69, 9.17) is 28.4 Å². The second kappa shape index (κ2) is 19.5. The van der Waals surface area contributed by atoms with Crippen LogP contribution in [0, 0.1) is 51.8 Å². The molecule has 19 nitrogen and oxygen atoms in total. The molecule has 382 valence electrons. The van der Waals surface area contributed by atoms with Crippen molar-refractivity contribution >= 4 is 0 Å². The molecular formula is C47H80O19. The quantitative estimate of drug-likeness (QED) is 0.0775. The van der Waals surface area contributed by atoms with Gasteiger partial charge in [-0.2, -0.15) is 0 Å². The largest absolute Gasteiger partial charge is 0.394 e. The summed E-state index contributed by atoms with van der Waals surface area (Å²) in [6, 6.07) is 0. The molecule has 66 heavy (non-hydrogen) atoms. The summed E-state index contributed by atoms with van der Waals surface area (Å²) in [7, 11) is 0. The first-order valence-electron chi connectivity index (χ1n) is 24.1. The van der Waals surface area contributed by atoms with Gasteiger partial charge in [0.05, 0.1) is 49.3 Å². The van der Waals surface area contributed by atoms with Gasteiger partial charge in [0.15, 0.2) is 18.9 Å². The van der Waals surface area contributed by atoms with E-state index < -0.39 is 163 Å². The minimum Gasteiger partial charge on any atom is -0.394 e. The highest BCUT2D eigenvalue weighted by Gasteiger charge is 2.70. The van der Waals surface area contributed by atoms with E-state index in [0.717, 1.165) is 0 Å². The molecule has 0 amide bonds. The zero-order chi connectivity index (χ0) is 48.7. The van der Waals surface area contributed by atoms with E-state index in [0.29, 0.717) is 38.5 Å². The first-order valence-corrected chi connectivity index (χ1v) is 24.1. The molecule has 7 fully saturated rings. The fraction of sp³-hybridized carbons (Fsp3) is 0.957. The van der Waals surface area contributed by atoms with Crippen molar-refractivity contribution in [1.82, 2.24) is 0 Å². The number of hydrogen-bond donors (Lipinski definition) is 13. The number of ether oxygens (including phenoxy) is 6. The molecular weight excluding hydrogens is 868 g/mol. The standard InChI is InChI=1S/C47H80O19/c1-19(2)24(50)10-14-47(8,66-42-38(60)35(57)32(54)27(17-48)63-42)21-9-12-45(6)23-16-26(40-44(4,5)29(52)11-13-46(40,7)22(23)15-25(51)30(21)45)62-43-39(36(58)33(55)28(18-49)64-43)65-41-37(59)34(56)31(53)20(3)61-41/h10,14,19-43,48-60H,9,11-13,15-18H2,1-8H3. The average molecular weight is 949 g/mol. The molecule has 13 N–H and O–H groups in total.